The zero-order chi connectivity index (χ0) is 11.6. The predicted molar refractivity (Wildman–Crippen MR) is 44.3 cm³/mol. The molecule has 1 rings (SSSR count). The van der Waals surface area contributed by atoms with Gasteiger partial charge in [-0.05, 0) is 0 Å². The maximum Gasteiger partial charge on any atom is 0.303 e. The zero-order valence-electron chi connectivity index (χ0n) is 8.10. The highest BCUT2D eigenvalue weighted by molar-refractivity contribution is 6.09. The van der Waals surface area contributed by atoms with E-state index in [1.807, 2.05) is 5.32 Å². The molecule has 0 aromatic heterocycles. The molecule has 1 aliphatic heterocycles. The molecule has 1 heterocycles. The van der Waals surface area contributed by atoms with Gasteiger partial charge >= 0.3 is 11.9 Å². The van der Waals surface area contributed by atoms with Gasteiger partial charge in [0, 0.05) is 13.8 Å². The van der Waals surface area contributed by atoms with E-state index in [-0.39, 0.29) is 0 Å². The van der Waals surface area contributed by atoms with Crippen molar-refractivity contribution in [2.45, 2.75) is 26.1 Å². The van der Waals surface area contributed by atoms with Crippen molar-refractivity contribution in [3.8, 4) is 0 Å². The molecule has 82 valence electrons. The van der Waals surface area contributed by atoms with Gasteiger partial charge in [0.25, 0.3) is 11.8 Å². The van der Waals surface area contributed by atoms with Gasteiger partial charge in [-0.3, -0.25) is 24.5 Å². The molecule has 0 radical (unpaired) electrons. The number of esters is 2. The van der Waals surface area contributed by atoms with Gasteiger partial charge in [-0.2, -0.15) is 0 Å². The van der Waals surface area contributed by atoms with E-state index < -0.39 is 36.0 Å². The highest BCUT2D eigenvalue weighted by Crippen LogP contribution is 2.12. The summed E-state index contributed by atoms with van der Waals surface area (Å²) in [6.45, 7) is 2.17. The van der Waals surface area contributed by atoms with Crippen LogP contribution in [0.4, 0.5) is 0 Å². The summed E-state index contributed by atoms with van der Waals surface area (Å²) in [6, 6.07) is 0. The summed E-state index contributed by atoms with van der Waals surface area (Å²) < 4.78 is 9.12. The van der Waals surface area contributed by atoms with Gasteiger partial charge in [0.2, 0.25) is 12.2 Å². The second kappa shape index (κ2) is 4.07. The Balaban J connectivity index is 2.79. The van der Waals surface area contributed by atoms with Crippen molar-refractivity contribution in [2.75, 3.05) is 0 Å². The molecule has 0 spiro atoms. The van der Waals surface area contributed by atoms with Crippen molar-refractivity contribution in [1.82, 2.24) is 5.32 Å². The molecule has 2 amide bonds. The number of amides is 2. The zero-order valence-corrected chi connectivity index (χ0v) is 8.10. The van der Waals surface area contributed by atoms with Crippen LogP contribution in [0, 0.1) is 0 Å². The van der Waals surface area contributed by atoms with Crippen molar-refractivity contribution in [1.29, 1.82) is 0 Å². The number of imide groups is 1. The Labute approximate surface area is 84.7 Å². The molecule has 15 heavy (non-hydrogen) atoms. The van der Waals surface area contributed by atoms with Crippen molar-refractivity contribution in [3.63, 3.8) is 0 Å². The Kier molecular flexibility index (Phi) is 3.03. The Hall–Kier alpha value is -1.92. The molecule has 7 nitrogen and oxygen atoms in total. The van der Waals surface area contributed by atoms with Crippen LogP contribution in [-0.4, -0.2) is 36.0 Å². The lowest BCUT2D eigenvalue weighted by Gasteiger charge is -2.14. The van der Waals surface area contributed by atoms with Crippen molar-refractivity contribution >= 4 is 23.8 Å². The number of carbonyl (C=O) groups is 4. The number of hydrogen-bond donors (Lipinski definition) is 1. The number of rotatable bonds is 2. The van der Waals surface area contributed by atoms with Crippen LogP contribution in [0.1, 0.15) is 13.8 Å². The minimum Gasteiger partial charge on any atom is -0.448 e. The topological polar surface area (TPSA) is 98.8 Å². The van der Waals surface area contributed by atoms with Gasteiger partial charge in [0.15, 0.2) is 0 Å². The standard InChI is InChI=1S/C8H9NO6/c1-3(10)14-5-6(15-4(2)11)8(13)9-7(5)12/h5-6H,1-2H3,(H,9,12,13)/t5-,6+. The van der Waals surface area contributed by atoms with Gasteiger partial charge < -0.3 is 9.47 Å². The quantitative estimate of drug-likeness (QED) is 0.445. The Bertz CT molecular complexity index is 304. The smallest absolute Gasteiger partial charge is 0.303 e. The molecule has 1 fully saturated rings. The molecule has 1 N–H and O–H groups in total. The predicted octanol–water partition coefficient (Wildman–Crippen LogP) is -1.49. The van der Waals surface area contributed by atoms with Crippen molar-refractivity contribution in [3.05, 3.63) is 0 Å². The molecule has 0 saturated carbocycles. The second-order valence-electron chi connectivity index (χ2n) is 2.91. The van der Waals surface area contributed by atoms with E-state index in [9.17, 15) is 19.2 Å². The summed E-state index contributed by atoms with van der Waals surface area (Å²) in [5.74, 6) is -3.05. The molecule has 7 heteroatoms. The minimum absolute atomic E-state index is 0.734. The average Bonchev–Trinajstić information content (AvgIpc) is 2.30. The number of carbonyl (C=O) groups excluding carboxylic acids is 4. The van der Waals surface area contributed by atoms with Gasteiger partial charge in [-0.25, -0.2) is 0 Å². The maximum atomic E-state index is 11.1. The summed E-state index contributed by atoms with van der Waals surface area (Å²) in [6.07, 6.45) is -2.78. The lowest BCUT2D eigenvalue weighted by atomic mass is 10.2. The first-order valence-electron chi connectivity index (χ1n) is 4.11. The van der Waals surface area contributed by atoms with Crippen molar-refractivity contribution in [2.24, 2.45) is 0 Å². The van der Waals surface area contributed by atoms with Gasteiger partial charge in [-0.15, -0.1) is 0 Å². The number of hydrogen-bond acceptors (Lipinski definition) is 6. The molecular formula is C8H9NO6. The third-order valence-electron chi connectivity index (χ3n) is 1.62. The first kappa shape index (κ1) is 11.2. The number of ether oxygens (including phenoxy) is 2. The van der Waals surface area contributed by atoms with Crippen molar-refractivity contribution < 1.29 is 28.7 Å². The van der Waals surface area contributed by atoms with E-state index in [4.69, 9.17) is 0 Å². The first-order chi connectivity index (χ1) is 6.91. The van der Waals surface area contributed by atoms with Crippen LogP contribution >= 0.6 is 0 Å². The first-order valence-corrected chi connectivity index (χ1v) is 4.11. The Morgan fingerprint density at radius 2 is 1.33 bits per heavy atom. The molecule has 0 aliphatic carbocycles. The van der Waals surface area contributed by atoms with Gasteiger partial charge in [-0.1, -0.05) is 0 Å². The van der Waals surface area contributed by atoms with Crippen LogP contribution in [0.15, 0.2) is 0 Å². The fourth-order valence-corrected chi connectivity index (χ4v) is 1.13. The highest BCUT2D eigenvalue weighted by Gasteiger charge is 2.46. The average molecular weight is 215 g/mol. The molecule has 0 unspecified atom stereocenters. The van der Waals surface area contributed by atoms with Gasteiger partial charge in [0.1, 0.15) is 0 Å². The maximum absolute atomic E-state index is 11.1. The Morgan fingerprint density at radius 3 is 1.60 bits per heavy atom. The highest BCUT2D eigenvalue weighted by atomic mass is 16.6. The normalized spacial score (nSPS) is 24.7. The lowest BCUT2D eigenvalue weighted by Crippen LogP contribution is -2.36. The van der Waals surface area contributed by atoms with Crippen LogP contribution in [0.25, 0.3) is 0 Å². The van der Waals surface area contributed by atoms with Crippen LogP contribution in [-0.2, 0) is 28.7 Å². The largest absolute Gasteiger partial charge is 0.448 e. The summed E-state index contributed by atoms with van der Waals surface area (Å²) in [5, 5.41) is 1.90. The van der Waals surface area contributed by atoms with Crippen LogP contribution in [0.3, 0.4) is 0 Å². The molecule has 1 aliphatic rings. The van der Waals surface area contributed by atoms with E-state index in [1.54, 1.807) is 0 Å². The summed E-state index contributed by atoms with van der Waals surface area (Å²) in [7, 11) is 0. The summed E-state index contributed by atoms with van der Waals surface area (Å²) in [4.78, 5) is 43.5. The molecule has 0 aromatic rings. The molecule has 1 saturated heterocycles. The monoisotopic (exact) mass is 215 g/mol. The lowest BCUT2D eigenvalue weighted by molar-refractivity contribution is -0.167. The van der Waals surface area contributed by atoms with Gasteiger partial charge in [0.05, 0.1) is 0 Å². The second-order valence-corrected chi connectivity index (χ2v) is 2.91. The number of nitrogens with one attached hydrogen (secondary N) is 1. The van der Waals surface area contributed by atoms with Crippen LogP contribution in [0.5, 0.6) is 0 Å². The fourth-order valence-electron chi connectivity index (χ4n) is 1.13. The molecule has 0 aromatic carbocycles. The fraction of sp³-hybridized carbons (Fsp3) is 0.500. The van der Waals surface area contributed by atoms with Crippen LogP contribution < -0.4 is 5.32 Å². The third kappa shape index (κ3) is 2.52. The minimum atomic E-state index is -1.39. The van der Waals surface area contributed by atoms with E-state index >= 15 is 0 Å². The van der Waals surface area contributed by atoms with E-state index in [0.29, 0.717) is 0 Å². The van der Waals surface area contributed by atoms with E-state index in [1.165, 1.54) is 0 Å². The molecule has 0 bridgehead atoms. The summed E-state index contributed by atoms with van der Waals surface area (Å²) in [5.41, 5.74) is 0. The van der Waals surface area contributed by atoms with E-state index in [0.717, 1.165) is 13.8 Å². The Morgan fingerprint density at radius 1 is 1.00 bits per heavy atom. The van der Waals surface area contributed by atoms with E-state index in [2.05, 4.69) is 9.47 Å². The summed E-state index contributed by atoms with van der Waals surface area (Å²) >= 11 is 0. The van der Waals surface area contributed by atoms with Crippen LogP contribution in [0.2, 0.25) is 0 Å². The SMILES string of the molecule is CC(=O)O[C@@H]1C(=O)NC(=O)[C@@H]1OC(C)=O. The third-order valence-corrected chi connectivity index (χ3v) is 1.62. The molecular weight excluding hydrogens is 206 g/mol. The molecule has 2 atom stereocenters.